The molecule has 0 saturated heterocycles. The topological polar surface area (TPSA) is 20.2 Å². The van der Waals surface area contributed by atoms with Crippen molar-refractivity contribution >= 4 is 10.9 Å². The Hall–Kier alpha value is -0.630. The number of phenols is 1. The van der Waals surface area contributed by atoms with Crippen LogP contribution in [0.1, 0.15) is 56.1 Å². The van der Waals surface area contributed by atoms with Crippen LogP contribution in [-0.4, -0.2) is 22.9 Å². The fourth-order valence-corrected chi connectivity index (χ4v) is 8.27. The van der Waals surface area contributed by atoms with Crippen molar-refractivity contribution in [3.05, 3.63) is 29.3 Å². The Morgan fingerprint density at radius 2 is 1.95 bits per heavy atom. The van der Waals surface area contributed by atoms with Crippen molar-refractivity contribution in [1.29, 1.82) is 0 Å². The lowest BCUT2D eigenvalue weighted by Crippen LogP contribution is -2.45. The fraction of sp³-hybridized carbons (Fsp3) is 0.700. The van der Waals surface area contributed by atoms with E-state index in [0.29, 0.717) is 22.1 Å². The van der Waals surface area contributed by atoms with Crippen molar-refractivity contribution < 1.29 is 5.11 Å². The summed E-state index contributed by atoms with van der Waals surface area (Å²) in [6, 6.07) is 6.15. The highest BCUT2D eigenvalue weighted by molar-refractivity contribution is 7.96. The van der Waals surface area contributed by atoms with Gasteiger partial charge in [-0.25, -0.2) is 0 Å². The van der Waals surface area contributed by atoms with Crippen LogP contribution in [0.5, 0.6) is 5.75 Å². The van der Waals surface area contributed by atoms with Gasteiger partial charge in [-0.15, -0.1) is 0 Å². The first-order valence-corrected chi connectivity index (χ1v) is 11.0. The van der Waals surface area contributed by atoms with Crippen LogP contribution in [0.3, 0.4) is 0 Å². The number of phenolic OH excluding ortho intramolecular Hbond substituents is 1. The molecule has 0 radical (unpaired) electrons. The van der Waals surface area contributed by atoms with Crippen molar-refractivity contribution in [1.82, 2.24) is 0 Å². The first-order chi connectivity index (χ1) is 10.5. The Balaban J connectivity index is 1.67. The number of aryl methyl sites for hydroxylation is 1. The average molecular weight is 318 g/mol. The van der Waals surface area contributed by atoms with E-state index in [0.717, 1.165) is 23.0 Å². The van der Waals surface area contributed by atoms with Gasteiger partial charge in [0.15, 0.2) is 0 Å². The SMILES string of the molecule is C[S+](C)C1CCC2C3CCc4cc(O)ccc4C3CCC21C. The maximum absolute atomic E-state index is 9.77. The lowest BCUT2D eigenvalue weighted by molar-refractivity contribution is 0.0626. The molecule has 1 nitrogen and oxygen atoms in total. The first kappa shape index (κ1) is 14.9. The molecule has 0 amide bonds. The molecule has 2 fully saturated rings. The molecule has 0 heterocycles. The quantitative estimate of drug-likeness (QED) is 0.756. The third-order valence-corrected chi connectivity index (χ3v) is 9.10. The molecule has 5 unspecified atom stereocenters. The molecule has 2 saturated carbocycles. The van der Waals surface area contributed by atoms with E-state index < -0.39 is 0 Å². The molecule has 0 aliphatic heterocycles. The zero-order valence-corrected chi connectivity index (χ0v) is 15.0. The number of rotatable bonds is 1. The molecule has 1 aromatic rings. The van der Waals surface area contributed by atoms with E-state index in [1.165, 1.54) is 44.1 Å². The van der Waals surface area contributed by atoms with Gasteiger partial charge in [-0.3, -0.25) is 0 Å². The molecule has 3 aliphatic carbocycles. The highest BCUT2D eigenvalue weighted by atomic mass is 32.2. The van der Waals surface area contributed by atoms with E-state index in [-0.39, 0.29) is 0 Å². The van der Waals surface area contributed by atoms with Gasteiger partial charge in [0.2, 0.25) is 0 Å². The third kappa shape index (κ3) is 2.06. The van der Waals surface area contributed by atoms with Crippen LogP contribution in [0.25, 0.3) is 0 Å². The number of hydrogen-bond donors (Lipinski definition) is 1. The zero-order chi connectivity index (χ0) is 15.5. The van der Waals surface area contributed by atoms with Crippen LogP contribution in [0.4, 0.5) is 0 Å². The highest BCUT2D eigenvalue weighted by Gasteiger charge is 2.58. The lowest BCUT2D eigenvalue weighted by atomic mass is 9.56. The van der Waals surface area contributed by atoms with Gasteiger partial charge in [0, 0.05) is 5.41 Å². The summed E-state index contributed by atoms with van der Waals surface area (Å²) in [6.07, 6.45) is 13.1. The van der Waals surface area contributed by atoms with Crippen molar-refractivity contribution in [2.75, 3.05) is 12.5 Å². The minimum Gasteiger partial charge on any atom is -0.508 e. The van der Waals surface area contributed by atoms with Gasteiger partial charge in [0.25, 0.3) is 0 Å². The normalized spacial score (nSPS) is 40.2. The Labute approximate surface area is 137 Å². The van der Waals surface area contributed by atoms with E-state index in [1.54, 1.807) is 5.56 Å². The second-order valence-corrected chi connectivity index (χ2v) is 10.6. The van der Waals surface area contributed by atoms with Gasteiger partial charge < -0.3 is 5.11 Å². The van der Waals surface area contributed by atoms with Crippen molar-refractivity contribution in [3.8, 4) is 5.75 Å². The van der Waals surface area contributed by atoms with Gasteiger partial charge in [-0.05, 0) is 90.4 Å². The summed E-state index contributed by atoms with van der Waals surface area (Å²) in [5, 5.41) is 10.7. The number of benzene rings is 1. The molecule has 4 rings (SSSR count). The van der Waals surface area contributed by atoms with E-state index in [2.05, 4.69) is 25.5 Å². The van der Waals surface area contributed by atoms with Crippen molar-refractivity contribution in [2.24, 2.45) is 17.3 Å². The number of fused-ring (bicyclic) bond motifs is 5. The standard InChI is InChI=1S/C20H28OS/c1-20-11-10-16-15-7-5-14(21)12-13(15)4-6-17(16)18(20)8-9-19(20)22(2)3/h5,7,12,16-19H,4,6,8-11H2,1-3H3/p+1. The van der Waals surface area contributed by atoms with Gasteiger partial charge >= 0.3 is 0 Å². The second kappa shape index (κ2) is 5.19. The maximum Gasteiger partial charge on any atom is 0.123 e. The first-order valence-electron chi connectivity index (χ1n) is 8.89. The Kier molecular flexibility index (Phi) is 3.52. The van der Waals surface area contributed by atoms with Crippen LogP contribution in [-0.2, 0) is 17.3 Å². The predicted octanol–water partition coefficient (Wildman–Crippen LogP) is 4.49. The van der Waals surface area contributed by atoms with E-state index in [4.69, 9.17) is 0 Å². The van der Waals surface area contributed by atoms with E-state index in [1.807, 2.05) is 12.1 Å². The molecule has 5 atom stereocenters. The molecule has 1 aromatic carbocycles. The van der Waals surface area contributed by atoms with Crippen LogP contribution < -0.4 is 0 Å². The smallest absolute Gasteiger partial charge is 0.123 e. The minimum absolute atomic E-state index is 0.444. The summed E-state index contributed by atoms with van der Waals surface area (Å²) in [5.41, 5.74) is 3.58. The van der Waals surface area contributed by atoms with E-state index >= 15 is 0 Å². The van der Waals surface area contributed by atoms with Gasteiger partial charge in [-0.1, -0.05) is 13.0 Å². The van der Waals surface area contributed by atoms with E-state index in [9.17, 15) is 5.11 Å². The minimum atomic E-state index is 0.444. The van der Waals surface area contributed by atoms with Crippen LogP contribution in [0, 0.1) is 17.3 Å². The highest BCUT2D eigenvalue weighted by Crippen LogP contribution is 2.62. The molecule has 3 aliphatic rings. The maximum atomic E-state index is 9.77. The molecule has 22 heavy (non-hydrogen) atoms. The number of hydrogen-bond acceptors (Lipinski definition) is 1. The Morgan fingerprint density at radius 1 is 1.14 bits per heavy atom. The van der Waals surface area contributed by atoms with Crippen LogP contribution in [0.2, 0.25) is 0 Å². The monoisotopic (exact) mass is 317 g/mol. The lowest BCUT2D eigenvalue weighted by Gasteiger charge is -2.49. The molecule has 2 heteroatoms. The summed E-state index contributed by atoms with van der Waals surface area (Å²) in [4.78, 5) is 0. The molecule has 1 N–H and O–H groups in total. The summed E-state index contributed by atoms with van der Waals surface area (Å²) in [5.74, 6) is 3.04. The Bertz CT molecular complexity index is 581. The summed E-state index contributed by atoms with van der Waals surface area (Å²) < 4.78 is 0. The van der Waals surface area contributed by atoms with Crippen molar-refractivity contribution in [2.45, 2.75) is 56.6 Å². The van der Waals surface area contributed by atoms with Gasteiger partial charge in [0.1, 0.15) is 11.0 Å². The molecular weight excluding hydrogens is 288 g/mol. The van der Waals surface area contributed by atoms with Crippen molar-refractivity contribution in [3.63, 3.8) is 0 Å². The summed E-state index contributed by atoms with van der Waals surface area (Å²) >= 11 is 0. The van der Waals surface area contributed by atoms with Gasteiger partial charge in [-0.2, -0.15) is 0 Å². The Morgan fingerprint density at radius 3 is 2.73 bits per heavy atom. The second-order valence-electron chi connectivity index (χ2n) is 8.29. The molecule has 0 bridgehead atoms. The summed E-state index contributed by atoms with van der Waals surface area (Å²) in [6.45, 7) is 2.62. The van der Waals surface area contributed by atoms with Gasteiger partial charge in [0.05, 0.1) is 12.5 Å². The average Bonchev–Trinajstić information content (AvgIpc) is 2.84. The molecule has 120 valence electrons. The third-order valence-electron chi connectivity index (χ3n) is 7.19. The zero-order valence-electron chi connectivity index (χ0n) is 14.1. The molecule has 0 spiro atoms. The fourth-order valence-electron chi connectivity index (χ4n) is 6.29. The predicted molar refractivity (Wildman–Crippen MR) is 95.7 cm³/mol. The van der Waals surface area contributed by atoms with Crippen LogP contribution >= 0.6 is 0 Å². The number of aromatic hydroxyl groups is 1. The molecule has 0 aromatic heterocycles. The largest absolute Gasteiger partial charge is 0.508 e. The molecular formula is C20H29OS+. The van der Waals surface area contributed by atoms with Crippen LogP contribution in [0.15, 0.2) is 18.2 Å². The summed E-state index contributed by atoms with van der Waals surface area (Å²) in [7, 11) is 0.558.